The van der Waals surface area contributed by atoms with Crippen molar-refractivity contribution in [3.8, 4) is 0 Å². The third-order valence-electron chi connectivity index (χ3n) is 2.03. The van der Waals surface area contributed by atoms with Crippen molar-refractivity contribution < 1.29 is 18.3 Å². The summed E-state index contributed by atoms with van der Waals surface area (Å²) in [5, 5.41) is 10.0. The molecule has 0 aliphatic heterocycles. The molecule has 0 bridgehead atoms. The van der Waals surface area contributed by atoms with Crippen molar-refractivity contribution in [2.24, 2.45) is 0 Å². The minimum Gasteiger partial charge on any atom is -0.477 e. The highest BCUT2D eigenvalue weighted by Crippen LogP contribution is 2.21. The molecule has 6 nitrogen and oxygen atoms in total. The van der Waals surface area contributed by atoms with Crippen LogP contribution < -0.4 is 4.72 Å². The Balaban J connectivity index is 2.28. The van der Waals surface area contributed by atoms with E-state index in [2.05, 4.69) is 9.71 Å². The molecule has 0 amide bonds. The molecule has 2 aromatic heterocycles. The van der Waals surface area contributed by atoms with Crippen molar-refractivity contribution in [2.45, 2.75) is 4.90 Å². The number of carboxylic acids is 1. The fraction of sp³-hybridized carbons (Fsp3) is 0. The molecule has 0 unspecified atom stereocenters. The van der Waals surface area contributed by atoms with Gasteiger partial charge in [-0.25, -0.2) is 13.2 Å². The molecule has 0 atom stereocenters. The number of hydrogen-bond acceptors (Lipinski definition) is 5. The van der Waals surface area contributed by atoms with E-state index in [-0.39, 0.29) is 9.77 Å². The van der Waals surface area contributed by atoms with E-state index < -0.39 is 16.0 Å². The Morgan fingerprint density at radius 2 is 2.00 bits per heavy atom. The Kier molecular flexibility index (Phi) is 3.30. The zero-order valence-electron chi connectivity index (χ0n) is 8.90. The van der Waals surface area contributed by atoms with Gasteiger partial charge in [-0.2, -0.15) is 0 Å². The van der Waals surface area contributed by atoms with E-state index in [1.54, 1.807) is 0 Å². The van der Waals surface area contributed by atoms with Crippen molar-refractivity contribution in [3.63, 3.8) is 0 Å². The lowest BCUT2D eigenvalue weighted by Gasteiger charge is -2.05. The second kappa shape index (κ2) is 4.75. The Morgan fingerprint density at radius 1 is 1.33 bits per heavy atom. The maximum Gasteiger partial charge on any atom is 0.345 e. The average Bonchev–Trinajstić information content (AvgIpc) is 2.79. The minimum absolute atomic E-state index is 0.0231. The highest BCUT2D eigenvalue weighted by atomic mass is 32.2. The minimum atomic E-state index is -3.76. The number of hydrogen-bond donors (Lipinski definition) is 2. The predicted molar refractivity (Wildman–Crippen MR) is 66.3 cm³/mol. The van der Waals surface area contributed by atoms with Crippen LogP contribution in [0.5, 0.6) is 0 Å². The van der Waals surface area contributed by atoms with Crippen LogP contribution in [0.25, 0.3) is 0 Å². The van der Waals surface area contributed by atoms with E-state index in [0.717, 1.165) is 17.4 Å². The van der Waals surface area contributed by atoms with Gasteiger partial charge in [0.25, 0.3) is 10.0 Å². The van der Waals surface area contributed by atoms with Crippen molar-refractivity contribution in [1.29, 1.82) is 0 Å². The number of nitrogens with zero attached hydrogens (tertiary/aromatic N) is 1. The van der Waals surface area contributed by atoms with Crippen molar-refractivity contribution in [2.75, 3.05) is 4.72 Å². The normalized spacial score (nSPS) is 11.1. The van der Waals surface area contributed by atoms with Crippen LogP contribution in [0.3, 0.4) is 0 Å². The molecule has 2 rings (SSSR count). The number of anilines is 1. The first kappa shape index (κ1) is 12.5. The Labute approximate surface area is 107 Å². The molecular weight excluding hydrogens is 276 g/mol. The number of aromatic nitrogens is 1. The molecule has 0 radical (unpaired) electrons. The second-order valence-electron chi connectivity index (χ2n) is 3.29. The Morgan fingerprint density at radius 3 is 2.56 bits per heavy atom. The SMILES string of the molecule is O=C(O)c1cc(S(=O)(=O)Nc2ccncc2)cs1. The van der Waals surface area contributed by atoms with Gasteiger partial charge in [-0.1, -0.05) is 0 Å². The van der Waals surface area contributed by atoms with E-state index in [1.165, 1.54) is 29.9 Å². The quantitative estimate of drug-likeness (QED) is 0.889. The molecule has 0 saturated heterocycles. The van der Waals surface area contributed by atoms with Gasteiger partial charge in [0.2, 0.25) is 0 Å². The van der Waals surface area contributed by atoms with E-state index in [0.29, 0.717) is 5.69 Å². The molecule has 2 N–H and O–H groups in total. The Hall–Kier alpha value is -1.93. The highest BCUT2D eigenvalue weighted by Gasteiger charge is 2.18. The summed E-state index contributed by atoms with van der Waals surface area (Å²) in [6.07, 6.45) is 2.91. The number of thiophene rings is 1. The molecule has 2 aromatic rings. The van der Waals surface area contributed by atoms with Gasteiger partial charge in [0, 0.05) is 17.8 Å². The number of nitrogens with one attached hydrogen (secondary N) is 1. The van der Waals surface area contributed by atoms with Crippen LogP contribution in [0.15, 0.2) is 40.9 Å². The smallest absolute Gasteiger partial charge is 0.345 e. The van der Waals surface area contributed by atoms with Crippen LogP contribution in [0, 0.1) is 0 Å². The van der Waals surface area contributed by atoms with Gasteiger partial charge in [-0.15, -0.1) is 11.3 Å². The first-order chi connectivity index (χ1) is 8.49. The van der Waals surface area contributed by atoms with Gasteiger partial charge >= 0.3 is 5.97 Å². The average molecular weight is 284 g/mol. The zero-order valence-corrected chi connectivity index (χ0v) is 10.5. The lowest BCUT2D eigenvalue weighted by atomic mass is 10.4. The fourth-order valence-corrected chi connectivity index (χ4v) is 3.38. The largest absolute Gasteiger partial charge is 0.477 e. The summed E-state index contributed by atoms with van der Waals surface area (Å²) in [7, 11) is -3.76. The zero-order chi connectivity index (χ0) is 13.2. The molecule has 0 fully saturated rings. The predicted octanol–water partition coefficient (Wildman–Crippen LogP) is 1.64. The summed E-state index contributed by atoms with van der Waals surface area (Å²) >= 11 is 0.864. The number of carbonyl (C=O) groups is 1. The van der Waals surface area contributed by atoms with Crippen LogP contribution in [0.1, 0.15) is 9.67 Å². The van der Waals surface area contributed by atoms with E-state index in [4.69, 9.17) is 5.11 Å². The number of pyridine rings is 1. The van der Waals surface area contributed by atoms with Crippen LogP contribution in [-0.4, -0.2) is 24.5 Å². The summed E-state index contributed by atoms with van der Waals surface area (Å²) in [6, 6.07) is 4.13. The van der Waals surface area contributed by atoms with E-state index >= 15 is 0 Å². The van der Waals surface area contributed by atoms with Gasteiger partial charge in [0.15, 0.2) is 0 Å². The maximum atomic E-state index is 11.9. The maximum absolute atomic E-state index is 11.9. The lowest BCUT2D eigenvalue weighted by Crippen LogP contribution is -2.12. The summed E-state index contributed by atoms with van der Waals surface area (Å²) in [5.41, 5.74) is 0.369. The molecule has 0 aromatic carbocycles. The summed E-state index contributed by atoms with van der Waals surface area (Å²) in [5.74, 6) is -1.15. The third kappa shape index (κ3) is 2.66. The molecular formula is C10H8N2O4S2. The van der Waals surface area contributed by atoms with Crippen molar-refractivity contribution >= 4 is 33.0 Å². The first-order valence-corrected chi connectivity index (χ1v) is 7.10. The molecule has 0 aliphatic carbocycles. The molecule has 2 heterocycles. The third-order valence-corrected chi connectivity index (χ3v) is 4.46. The number of carboxylic acid groups (broad SMARTS) is 1. The highest BCUT2D eigenvalue weighted by molar-refractivity contribution is 7.92. The first-order valence-electron chi connectivity index (χ1n) is 4.74. The van der Waals surface area contributed by atoms with E-state index in [9.17, 15) is 13.2 Å². The summed E-state index contributed by atoms with van der Waals surface area (Å²) in [4.78, 5) is 14.4. The van der Waals surface area contributed by atoms with Gasteiger partial charge in [0.1, 0.15) is 4.88 Å². The van der Waals surface area contributed by atoms with Gasteiger partial charge in [-0.3, -0.25) is 9.71 Å². The Bertz CT molecular complexity index is 664. The standard InChI is InChI=1S/C10H8N2O4S2/c13-10(14)9-5-8(6-17-9)18(15,16)12-7-1-3-11-4-2-7/h1-6H,(H,11,12)(H,13,14). The van der Waals surface area contributed by atoms with Gasteiger partial charge in [-0.05, 0) is 18.2 Å². The van der Waals surface area contributed by atoms with Crippen molar-refractivity contribution in [3.05, 3.63) is 40.8 Å². The van der Waals surface area contributed by atoms with Crippen LogP contribution in [-0.2, 0) is 10.0 Å². The van der Waals surface area contributed by atoms with Crippen LogP contribution >= 0.6 is 11.3 Å². The number of rotatable bonds is 4. The second-order valence-corrected chi connectivity index (χ2v) is 5.89. The summed E-state index contributed by atoms with van der Waals surface area (Å²) in [6.45, 7) is 0. The number of aromatic carboxylic acids is 1. The molecule has 0 spiro atoms. The molecule has 8 heteroatoms. The molecule has 0 aliphatic rings. The molecule has 0 saturated carbocycles. The van der Waals surface area contributed by atoms with Crippen LogP contribution in [0.2, 0.25) is 0 Å². The number of sulfonamides is 1. The molecule has 18 heavy (non-hydrogen) atoms. The van der Waals surface area contributed by atoms with Crippen LogP contribution in [0.4, 0.5) is 5.69 Å². The topological polar surface area (TPSA) is 96.4 Å². The lowest BCUT2D eigenvalue weighted by molar-refractivity contribution is 0.0702. The van der Waals surface area contributed by atoms with Crippen molar-refractivity contribution in [1.82, 2.24) is 4.98 Å². The van der Waals surface area contributed by atoms with Gasteiger partial charge < -0.3 is 5.11 Å². The van der Waals surface area contributed by atoms with E-state index in [1.807, 2.05) is 0 Å². The fourth-order valence-electron chi connectivity index (χ4n) is 1.21. The monoisotopic (exact) mass is 284 g/mol. The van der Waals surface area contributed by atoms with Gasteiger partial charge in [0.05, 0.1) is 10.6 Å². The molecule has 94 valence electrons. The summed E-state index contributed by atoms with van der Waals surface area (Å²) < 4.78 is 26.2.